The van der Waals surface area contributed by atoms with Crippen molar-refractivity contribution in [2.75, 3.05) is 18.0 Å². The van der Waals surface area contributed by atoms with Crippen molar-refractivity contribution in [3.63, 3.8) is 0 Å². The third-order valence-electron chi connectivity index (χ3n) is 5.37. The van der Waals surface area contributed by atoms with E-state index in [2.05, 4.69) is 9.97 Å². The van der Waals surface area contributed by atoms with Gasteiger partial charge >= 0.3 is 0 Å². The molecule has 4 aromatic rings. The lowest BCUT2D eigenvalue weighted by atomic mass is 10.0. The molecule has 0 bridgehead atoms. The standard InChI is InChI=1S/C22H20FN5OS/c23-18-11-17-19(29)15(10-14-4-2-1-3-5-14)12-28(22-25-7-9-30-22)20(17)26-21(18)27-8-6-16(24)13-27/h1-5,7,9,11-12,16H,6,8,10,13,24H2. The zero-order valence-electron chi connectivity index (χ0n) is 16.2. The number of pyridine rings is 2. The second-order valence-electron chi connectivity index (χ2n) is 7.49. The summed E-state index contributed by atoms with van der Waals surface area (Å²) >= 11 is 1.44. The van der Waals surface area contributed by atoms with Crippen molar-refractivity contribution in [1.29, 1.82) is 0 Å². The van der Waals surface area contributed by atoms with Gasteiger partial charge in [0.15, 0.2) is 27.8 Å². The molecule has 1 unspecified atom stereocenters. The highest BCUT2D eigenvalue weighted by atomic mass is 32.1. The quantitative estimate of drug-likeness (QED) is 0.548. The maximum absolute atomic E-state index is 15.0. The predicted octanol–water partition coefficient (Wildman–Crippen LogP) is 3.11. The molecule has 0 spiro atoms. The van der Waals surface area contributed by atoms with E-state index in [9.17, 15) is 4.79 Å². The number of fused-ring (bicyclic) bond motifs is 1. The van der Waals surface area contributed by atoms with Gasteiger partial charge in [-0.2, -0.15) is 0 Å². The largest absolute Gasteiger partial charge is 0.353 e. The van der Waals surface area contributed by atoms with Crippen LogP contribution in [0.15, 0.2) is 59.0 Å². The molecule has 30 heavy (non-hydrogen) atoms. The van der Waals surface area contributed by atoms with Crippen LogP contribution in [0.4, 0.5) is 10.2 Å². The summed E-state index contributed by atoms with van der Waals surface area (Å²) in [4.78, 5) is 24.0. The fourth-order valence-electron chi connectivity index (χ4n) is 3.89. The molecule has 1 saturated heterocycles. The van der Waals surface area contributed by atoms with Gasteiger partial charge in [0.05, 0.1) is 5.39 Å². The molecule has 6 nitrogen and oxygen atoms in total. The molecule has 1 atom stereocenters. The minimum Gasteiger partial charge on any atom is -0.353 e. The van der Waals surface area contributed by atoms with Gasteiger partial charge < -0.3 is 10.6 Å². The van der Waals surface area contributed by atoms with Gasteiger partial charge in [-0.05, 0) is 18.1 Å². The molecule has 1 aromatic carbocycles. The van der Waals surface area contributed by atoms with Gasteiger partial charge in [-0.1, -0.05) is 30.3 Å². The van der Waals surface area contributed by atoms with Crippen molar-refractivity contribution in [2.45, 2.75) is 18.9 Å². The monoisotopic (exact) mass is 421 g/mol. The Morgan fingerprint density at radius 3 is 2.80 bits per heavy atom. The molecule has 152 valence electrons. The summed E-state index contributed by atoms with van der Waals surface area (Å²) in [5.74, 6) is -0.271. The second kappa shape index (κ2) is 7.62. The van der Waals surface area contributed by atoms with E-state index in [1.54, 1.807) is 17.0 Å². The van der Waals surface area contributed by atoms with Crippen molar-refractivity contribution in [3.8, 4) is 5.13 Å². The van der Waals surface area contributed by atoms with Gasteiger partial charge in [-0.15, -0.1) is 11.3 Å². The number of anilines is 1. The van der Waals surface area contributed by atoms with Crippen LogP contribution in [0.1, 0.15) is 17.5 Å². The fourth-order valence-corrected chi connectivity index (χ4v) is 4.51. The number of nitrogens with two attached hydrogens (primary N) is 1. The first kappa shape index (κ1) is 18.9. The summed E-state index contributed by atoms with van der Waals surface area (Å²) in [5, 5.41) is 2.79. The highest BCUT2D eigenvalue weighted by Crippen LogP contribution is 2.26. The van der Waals surface area contributed by atoms with E-state index in [1.807, 2.05) is 40.6 Å². The minimum atomic E-state index is -0.503. The van der Waals surface area contributed by atoms with Gasteiger partial charge in [-0.25, -0.2) is 14.4 Å². The molecule has 2 N–H and O–H groups in total. The van der Waals surface area contributed by atoms with Gasteiger partial charge in [0, 0.05) is 48.9 Å². The summed E-state index contributed by atoms with van der Waals surface area (Å²) in [7, 11) is 0. The Bertz CT molecular complexity index is 1260. The van der Waals surface area contributed by atoms with Gasteiger partial charge in [0.25, 0.3) is 0 Å². The first-order chi connectivity index (χ1) is 14.6. The molecule has 4 heterocycles. The van der Waals surface area contributed by atoms with Crippen molar-refractivity contribution in [3.05, 3.63) is 81.3 Å². The SMILES string of the molecule is NC1CCN(c2nc3c(cc2F)c(=O)c(Cc2ccccc2)cn3-c2nccs2)C1. The lowest BCUT2D eigenvalue weighted by molar-refractivity contribution is 0.617. The average Bonchev–Trinajstić information content (AvgIpc) is 3.43. The number of aromatic nitrogens is 3. The summed E-state index contributed by atoms with van der Waals surface area (Å²) in [6.45, 7) is 1.19. The third-order valence-corrected chi connectivity index (χ3v) is 6.14. The van der Waals surface area contributed by atoms with E-state index in [-0.39, 0.29) is 22.7 Å². The zero-order chi connectivity index (χ0) is 20.7. The molecule has 1 aliphatic heterocycles. The molecule has 0 amide bonds. The summed E-state index contributed by atoms with van der Waals surface area (Å²) < 4.78 is 16.8. The topological polar surface area (TPSA) is 77.0 Å². The first-order valence-corrected chi connectivity index (χ1v) is 10.7. The van der Waals surface area contributed by atoms with Gasteiger partial charge in [-0.3, -0.25) is 9.36 Å². The zero-order valence-corrected chi connectivity index (χ0v) is 17.0. The van der Waals surface area contributed by atoms with E-state index < -0.39 is 5.82 Å². The molecule has 0 aliphatic carbocycles. The Balaban J connectivity index is 1.71. The van der Waals surface area contributed by atoms with Gasteiger partial charge in [0.1, 0.15) is 0 Å². The molecular formula is C22H20FN5OS. The van der Waals surface area contributed by atoms with Crippen molar-refractivity contribution in [2.24, 2.45) is 5.73 Å². The average molecular weight is 422 g/mol. The maximum Gasteiger partial charge on any atom is 0.195 e. The van der Waals surface area contributed by atoms with Crippen molar-refractivity contribution in [1.82, 2.24) is 14.5 Å². The molecule has 8 heteroatoms. The van der Waals surface area contributed by atoms with E-state index >= 15 is 4.39 Å². The Morgan fingerprint density at radius 1 is 1.27 bits per heavy atom. The Labute approximate surface area is 176 Å². The fraction of sp³-hybridized carbons (Fsp3) is 0.227. The van der Waals surface area contributed by atoms with Crippen LogP contribution in [-0.4, -0.2) is 33.7 Å². The molecule has 5 rings (SSSR count). The highest BCUT2D eigenvalue weighted by Gasteiger charge is 2.25. The lowest BCUT2D eigenvalue weighted by Gasteiger charge is -2.19. The number of halogens is 1. The van der Waals surface area contributed by atoms with Crippen LogP contribution >= 0.6 is 11.3 Å². The van der Waals surface area contributed by atoms with Crippen molar-refractivity contribution < 1.29 is 4.39 Å². The van der Waals surface area contributed by atoms with Crippen LogP contribution in [0.2, 0.25) is 0 Å². The molecule has 0 radical (unpaired) electrons. The number of thiazole rings is 1. The Kier molecular flexibility index (Phi) is 4.80. The molecule has 3 aromatic heterocycles. The number of benzene rings is 1. The minimum absolute atomic E-state index is 0.00343. The van der Waals surface area contributed by atoms with E-state index in [0.717, 1.165) is 12.0 Å². The van der Waals surface area contributed by atoms with E-state index in [0.29, 0.717) is 35.9 Å². The Hall–Kier alpha value is -3.10. The maximum atomic E-state index is 15.0. The van der Waals surface area contributed by atoms with E-state index in [1.165, 1.54) is 17.4 Å². The second-order valence-corrected chi connectivity index (χ2v) is 8.36. The van der Waals surface area contributed by atoms with Crippen LogP contribution in [0.5, 0.6) is 0 Å². The molecule has 1 fully saturated rings. The molecular weight excluding hydrogens is 401 g/mol. The summed E-state index contributed by atoms with van der Waals surface area (Å²) in [5.41, 5.74) is 7.77. The lowest BCUT2D eigenvalue weighted by Crippen LogP contribution is -2.28. The summed E-state index contributed by atoms with van der Waals surface area (Å²) in [6.07, 6.45) is 4.71. The highest BCUT2D eigenvalue weighted by molar-refractivity contribution is 7.12. The predicted molar refractivity (Wildman–Crippen MR) is 117 cm³/mol. The van der Waals surface area contributed by atoms with E-state index in [4.69, 9.17) is 5.73 Å². The normalized spacial score (nSPS) is 16.5. The van der Waals surface area contributed by atoms with Gasteiger partial charge in [0.2, 0.25) is 0 Å². The smallest absolute Gasteiger partial charge is 0.195 e. The first-order valence-electron chi connectivity index (χ1n) is 9.79. The third kappa shape index (κ3) is 3.38. The number of hydrogen-bond acceptors (Lipinski definition) is 6. The number of hydrogen-bond donors (Lipinski definition) is 1. The number of nitrogens with zero attached hydrogens (tertiary/aromatic N) is 4. The van der Waals surface area contributed by atoms with Crippen LogP contribution < -0.4 is 16.1 Å². The number of rotatable bonds is 4. The van der Waals surface area contributed by atoms with Crippen LogP contribution in [0.25, 0.3) is 16.2 Å². The molecule has 0 saturated carbocycles. The Morgan fingerprint density at radius 2 is 2.10 bits per heavy atom. The summed E-state index contributed by atoms with van der Waals surface area (Å²) in [6, 6.07) is 11.0. The van der Waals surface area contributed by atoms with Crippen molar-refractivity contribution >= 4 is 28.2 Å². The van der Waals surface area contributed by atoms with Crippen LogP contribution in [-0.2, 0) is 6.42 Å². The van der Waals surface area contributed by atoms with Crippen LogP contribution in [0, 0.1) is 5.82 Å². The van der Waals surface area contributed by atoms with Crippen LogP contribution in [0.3, 0.4) is 0 Å². The molecule has 1 aliphatic rings.